The van der Waals surface area contributed by atoms with E-state index in [2.05, 4.69) is 13.0 Å². The topological polar surface area (TPSA) is 20.2 Å². The highest BCUT2D eigenvalue weighted by Gasteiger charge is 2.02. The molecular weight excluding hydrogens is 196 g/mol. The summed E-state index contributed by atoms with van der Waals surface area (Å²) >= 11 is 0. The van der Waals surface area contributed by atoms with Gasteiger partial charge in [0.05, 0.1) is 0 Å². The van der Waals surface area contributed by atoms with Crippen molar-refractivity contribution < 1.29 is 5.11 Å². The zero-order chi connectivity index (χ0) is 9.84. The molecule has 1 nitrogen and oxygen atoms in total. The van der Waals surface area contributed by atoms with Crippen molar-refractivity contribution in [2.24, 2.45) is 0 Å². The highest BCUT2D eigenvalue weighted by atomic mass is 35.5. The standard InChI is InChI=1S/C12H16O.ClH/c1-4-6-11-7-10(5-2)8-12(13)9(11)3;/h4,6-8,13H,5H2,1-3H3;1H/b6-4-;. The van der Waals surface area contributed by atoms with E-state index in [9.17, 15) is 5.11 Å². The second-order valence-electron chi connectivity index (χ2n) is 3.18. The van der Waals surface area contributed by atoms with Crippen LogP contribution < -0.4 is 0 Å². The lowest BCUT2D eigenvalue weighted by Crippen LogP contribution is -1.87. The molecule has 1 aromatic carbocycles. The number of halogens is 1. The van der Waals surface area contributed by atoms with Gasteiger partial charge in [-0.2, -0.15) is 0 Å². The molecule has 0 aromatic heterocycles. The Balaban J connectivity index is 0.00000169. The molecule has 0 spiro atoms. The van der Waals surface area contributed by atoms with Crippen molar-refractivity contribution in [1.29, 1.82) is 0 Å². The molecule has 0 aliphatic heterocycles. The van der Waals surface area contributed by atoms with E-state index in [0.29, 0.717) is 5.75 Å². The molecule has 0 saturated heterocycles. The normalized spacial score (nSPS) is 10.2. The van der Waals surface area contributed by atoms with Crippen LogP contribution in [-0.4, -0.2) is 5.11 Å². The minimum absolute atomic E-state index is 0. The summed E-state index contributed by atoms with van der Waals surface area (Å²) in [5, 5.41) is 9.60. The fourth-order valence-electron chi connectivity index (χ4n) is 1.34. The van der Waals surface area contributed by atoms with Crippen LogP contribution in [0.4, 0.5) is 0 Å². The molecule has 1 aromatic rings. The predicted molar refractivity (Wildman–Crippen MR) is 64.2 cm³/mol. The van der Waals surface area contributed by atoms with Gasteiger partial charge in [-0.15, -0.1) is 12.4 Å². The maximum Gasteiger partial charge on any atom is 0.119 e. The van der Waals surface area contributed by atoms with Crippen LogP contribution in [0.1, 0.15) is 30.5 Å². The molecule has 0 heterocycles. The van der Waals surface area contributed by atoms with Crippen LogP contribution in [0, 0.1) is 6.92 Å². The SMILES string of the molecule is C/C=C\c1cc(CC)cc(O)c1C.Cl. The molecule has 0 radical (unpaired) electrons. The lowest BCUT2D eigenvalue weighted by atomic mass is 10.0. The van der Waals surface area contributed by atoms with Gasteiger partial charge in [-0.3, -0.25) is 0 Å². The molecule has 14 heavy (non-hydrogen) atoms. The molecule has 0 amide bonds. The van der Waals surface area contributed by atoms with Crippen molar-refractivity contribution in [2.45, 2.75) is 27.2 Å². The summed E-state index contributed by atoms with van der Waals surface area (Å²) in [6.45, 7) is 6.00. The smallest absolute Gasteiger partial charge is 0.119 e. The lowest BCUT2D eigenvalue weighted by molar-refractivity contribution is 0.470. The summed E-state index contributed by atoms with van der Waals surface area (Å²) in [5.41, 5.74) is 3.24. The molecule has 1 rings (SSSR count). The Bertz CT molecular complexity index is 329. The zero-order valence-electron chi connectivity index (χ0n) is 8.87. The summed E-state index contributed by atoms with van der Waals surface area (Å²) in [6, 6.07) is 3.96. The van der Waals surface area contributed by atoms with E-state index in [1.807, 2.05) is 32.1 Å². The van der Waals surface area contributed by atoms with Crippen LogP contribution in [-0.2, 0) is 6.42 Å². The number of phenolic OH excluding ortho intramolecular Hbond substituents is 1. The van der Waals surface area contributed by atoms with Gasteiger partial charge in [0.1, 0.15) is 5.75 Å². The van der Waals surface area contributed by atoms with E-state index in [1.54, 1.807) is 0 Å². The second-order valence-corrected chi connectivity index (χ2v) is 3.18. The van der Waals surface area contributed by atoms with Gasteiger partial charge in [0.25, 0.3) is 0 Å². The van der Waals surface area contributed by atoms with E-state index in [-0.39, 0.29) is 12.4 Å². The summed E-state index contributed by atoms with van der Waals surface area (Å²) in [7, 11) is 0. The van der Waals surface area contributed by atoms with Crippen molar-refractivity contribution in [1.82, 2.24) is 0 Å². The van der Waals surface area contributed by atoms with Crippen LogP contribution in [0.5, 0.6) is 5.75 Å². The molecule has 1 N–H and O–H groups in total. The quantitative estimate of drug-likeness (QED) is 0.793. The molecule has 0 aliphatic rings. The molecule has 2 heteroatoms. The number of hydrogen-bond donors (Lipinski definition) is 1. The third kappa shape index (κ3) is 2.78. The largest absolute Gasteiger partial charge is 0.508 e. The first-order chi connectivity index (χ1) is 6.19. The van der Waals surface area contributed by atoms with Gasteiger partial charge in [-0.05, 0) is 43.0 Å². The summed E-state index contributed by atoms with van der Waals surface area (Å²) in [5.74, 6) is 0.396. The number of aromatic hydroxyl groups is 1. The van der Waals surface area contributed by atoms with Gasteiger partial charge >= 0.3 is 0 Å². The van der Waals surface area contributed by atoms with Crippen LogP contribution in [0.15, 0.2) is 18.2 Å². The van der Waals surface area contributed by atoms with E-state index >= 15 is 0 Å². The predicted octanol–water partition coefficient (Wildman–Crippen LogP) is 3.72. The summed E-state index contributed by atoms with van der Waals surface area (Å²) < 4.78 is 0. The highest BCUT2D eigenvalue weighted by Crippen LogP contribution is 2.23. The third-order valence-electron chi connectivity index (χ3n) is 2.23. The van der Waals surface area contributed by atoms with Gasteiger partial charge in [0, 0.05) is 0 Å². The van der Waals surface area contributed by atoms with Gasteiger partial charge in [0.15, 0.2) is 0 Å². The van der Waals surface area contributed by atoms with E-state index in [0.717, 1.165) is 17.5 Å². The molecular formula is C12H17ClO. The van der Waals surface area contributed by atoms with E-state index in [4.69, 9.17) is 0 Å². The number of aryl methyl sites for hydroxylation is 1. The lowest BCUT2D eigenvalue weighted by Gasteiger charge is -2.06. The first kappa shape index (κ1) is 13.1. The minimum atomic E-state index is 0. The van der Waals surface area contributed by atoms with Crippen molar-refractivity contribution in [3.05, 3.63) is 34.9 Å². The molecule has 0 bridgehead atoms. The van der Waals surface area contributed by atoms with E-state index < -0.39 is 0 Å². The number of rotatable bonds is 2. The van der Waals surface area contributed by atoms with Crippen LogP contribution >= 0.6 is 12.4 Å². The van der Waals surface area contributed by atoms with Gasteiger partial charge in [-0.1, -0.05) is 25.1 Å². The highest BCUT2D eigenvalue weighted by molar-refractivity contribution is 5.85. The van der Waals surface area contributed by atoms with Gasteiger partial charge in [0.2, 0.25) is 0 Å². The monoisotopic (exact) mass is 212 g/mol. The number of benzene rings is 1. The zero-order valence-corrected chi connectivity index (χ0v) is 9.69. The molecule has 0 atom stereocenters. The maximum atomic E-state index is 9.60. The molecule has 0 saturated carbocycles. The Morgan fingerprint density at radius 2 is 2.00 bits per heavy atom. The third-order valence-corrected chi connectivity index (χ3v) is 2.23. The Hall–Kier alpha value is -0.950. The van der Waals surface area contributed by atoms with Crippen molar-refractivity contribution >= 4 is 18.5 Å². The Labute approximate surface area is 91.9 Å². The molecule has 0 aliphatic carbocycles. The first-order valence-electron chi connectivity index (χ1n) is 4.64. The molecule has 0 unspecified atom stereocenters. The van der Waals surface area contributed by atoms with Crippen LogP contribution in [0.25, 0.3) is 6.08 Å². The molecule has 0 fully saturated rings. The van der Waals surface area contributed by atoms with Gasteiger partial charge in [-0.25, -0.2) is 0 Å². The Kier molecular flexibility index (Phi) is 5.32. The minimum Gasteiger partial charge on any atom is -0.508 e. The first-order valence-corrected chi connectivity index (χ1v) is 4.64. The summed E-state index contributed by atoms with van der Waals surface area (Å²) in [6.07, 6.45) is 4.97. The number of phenols is 1. The van der Waals surface area contributed by atoms with Crippen molar-refractivity contribution in [2.75, 3.05) is 0 Å². The fourth-order valence-corrected chi connectivity index (χ4v) is 1.34. The van der Waals surface area contributed by atoms with Crippen LogP contribution in [0.3, 0.4) is 0 Å². The fraction of sp³-hybridized carbons (Fsp3) is 0.333. The Morgan fingerprint density at radius 3 is 2.50 bits per heavy atom. The average molecular weight is 213 g/mol. The van der Waals surface area contributed by atoms with Gasteiger partial charge < -0.3 is 5.11 Å². The second kappa shape index (κ2) is 5.71. The molecule has 78 valence electrons. The summed E-state index contributed by atoms with van der Waals surface area (Å²) in [4.78, 5) is 0. The van der Waals surface area contributed by atoms with Crippen LogP contribution in [0.2, 0.25) is 0 Å². The maximum absolute atomic E-state index is 9.60. The number of hydrogen-bond acceptors (Lipinski definition) is 1. The van der Waals surface area contributed by atoms with E-state index in [1.165, 1.54) is 5.56 Å². The average Bonchev–Trinajstić information content (AvgIpc) is 2.13. The number of allylic oxidation sites excluding steroid dienone is 1. The van der Waals surface area contributed by atoms with Crippen molar-refractivity contribution in [3.63, 3.8) is 0 Å². The Morgan fingerprint density at radius 1 is 1.36 bits per heavy atom. The van der Waals surface area contributed by atoms with Crippen molar-refractivity contribution in [3.8, 4) is 5.75 Å².